The van der Waals surface area contributed by atoms with Gasteiger partial charge < -0.3 is 10.2 Å². The quantitative estimate of drug-likeness (QED) is 0.833. The molecular weight excluding hydrogens is 362 g/mol. The van der Waals surface area contributed by atoms with Crippen molar-refractivity contribution in [3.05, 3.63) is 29.3 Å². The van der Waals surface area contributed by atoms with Crippen LogP contribution < -0.4 is 9.62 Å². The smallest absolute Gasteiger partial charge is 0.254 e. The SMILES string of the molecule is CCCN(C(=O)c1ccc2c(c1)CCN2S(C)(=O)=O)C1CCNC1.Cl. The molecule has 0 radical (unpaired) electrons. The van der Waals surface area contributed by atoms with Crippen molar-refractivity contribution in [3.63, 3.8) is 0 Å². The largest absolute Gasteiger partial charge is 0.334 e. The van der Waals surface area contributed by atoms with Gasteiger partial charge in [-0.15, -0.1) is 12.4 Å². The first kappa shape index (κ1) is 20.0. The van der Waals surface area contributed by atoms with Crippen LogP contribution in [-0.2, 0) is 16.4 Å². The Morgan fingerprint density at radius 1 is 1.40 bits per heavy atom. The van der Waals surface area contributed by atoms with Crippen molar-refractivity contribution in [1.82, 2.24) is 10.2 Å². The number of anilines is 1. The molecule has 0 saturated carbocycles. The number of carbonyl (C=O) groups is 1. The van der Waals surface area contributed by atoms with E-state index in [1.807, 2.05) is 11.0 Å². The van der Waals surface area contributed by atoms with Crippen molar-refractivity contribution in [3.8, 4) is 0 Å². The highest BCUT2D eigenvalue weighted by Gasteiger charge is 2.30. The summed E-state index contributed by atoms with van der Waals surface area (Å²) in [6, 6.07) is 5.65. The number of nitrogens with zero attached hydrogens (tertiary/aromatic N) is 2. The molecule has 1 fully saturated rings. The lowest BCUT2D eigenvalue weighted by Crippen LogP contribution is -2.42. The number of carbonyl (C=O) groups excluding carboxylic acids is 1. The predicted octanol–water partition coefficient (Wildman–Crippen LogP) is 1.64. The number of rotatable bonds is 5. The fraction of sp³-hybridized carbons (Fsp3) is 0.588. The van der Waals surface area contributed by atoms with Gasteiger partial charge in [0.05, 0.1) is 11.9 Å². The zero-order valence-corrected chi connectivity index (χ0v) is 16.3. The molecule has 0 spiro atoms. The third-order valence-corrected chi connectivity index (χ3v) is 5.96. The van der Waals surface area contributed by atoms with E-state index in [-0.39, 0.29) is 24.4 Å². The second kappa shape index (κ2) is 7.93. The molecule has 1 aromatic carbocycles. The maximum atomic E-state index is 13.0. The summed E-state index contributed by atoms with van der Waals surface area (Å²) in [6.45, 7) is 5.08. The summed E-state index contributed by atoms with van der Waals surface area (Å²) >= 11 is 0. The standard InChI is InChI=1S/C17H25N3O3S.ClH/c1-3-9-19(15-6-8-18-12-15)17(21)14-4-5-16-13(11-14)7-10-20(16)24(2,22)23;/h4-5,11,15,18H,3,6-10,12H2,1-2H3;1H. The molecule has 8 heteroatoms. The molecule has 0 aliphatic carbocycles. The van der Waals surface area contributed by atoms with E-state index in [4.69, 9.17) is 0 Å². The monoisotopic (exact) mass is 387 g/mol. The van der Waals surface area contributed by atoms with E-state index in [0.29, 0.717) is 24.2 Å². The van der Waals surface area contributed by atoms with Crippen LogP contribution in [0, 0.1) is 0 Å². The molecular formula is C17H26ClN3O3S. The fourth-order valence-electron chi connectivity index (χ4n) is 3.61. The number of fused-ring (bicyclic) bond motifs is 1. The van der Waals surface area contributed by atoms with Crippen LogP contribution in [0.1, 0.15) is 35.7 Å². The van der Waals surface area contributed by atoms with Gasteiger partial charge in [0, 0.05) is 31.2 Å². The molecule has 2 heterocycles. The zero-order chi connectivity index (χ0) is 17.3. The minimum Gasteiger partial charge on any atom is -0.334 e. The van der Waals surface area contributed by atoms with Crippen molar-refractivity contribution in [2.75, 3.05) is 36.7 Å². The molecule has 2 aliphatic rings. The Morgan fingerprint density at radius 2 is 2.16 bits per heavy atom. The maximum Gasteiger partial charge on any atom is 0.254 e. The summed E-state index contributed by atoms with van der Waals surface area (Å²) in [4.78, 5) is 14.9. The number of sulfonamides is 1. The second-order valence-electron chi connectivity index (χ2n) is 6.57. The minimum absolute atomic E-state index is 0. The Kier molecular flexibility index (Phi) is 6.35. The molecule has 1 unspecified atom stereocenters. The molecule has 0 aromatic heterocycles. The Hall–Kier alpha value is -1.31. The Bertz CT molecular complexity index is 733. The van der Waals surface area contributed by atoms with Gasteiger partial charge in [-0.05, 0) is 49.6 Å². The first-order valence-electron chi connectivity index (χ1n) is 8.54. The number of nitrogens with one attached hydrogen (secondary N) is 1. The molecule has 2 aliphatic heterocycles. The highest BCUT2D eigenvalue weighted by Crippen LogP contribution is 2.31. The van der Waals surface area contributed by atoms with Crippen LogP contribution >= 0.6 is 12.4 Å². The first-order chi connectivity index (χ1) is 11.4. The lowest BCUT2D eigenvalue weighted by atomic mass is 10.1. The van der Waals surface area contributed by atoms with Crippen molar-refractivity contribution < 1.29 is 13.2 Å². The van der Waals surface area contributed by atoms with Gasteiger partial charge in [-0.2, -0.15) is 0 Å². The van der Waals surface area contributed by atoms with Crippen LogP contribution in [0.2, 0.25) is 0 Å². The topological polar surface area (TPSA) is 69.7 Å². The molecule has 1 amide bonds. The number of benzene rings is 1. The van der Waals surface area contributed by atoms with Crippen LogP contribution in [0.4, 0.5) is 5.69 Å². The van der Waals surface area contributed by atoms with E-state index in [0.717, 1.165) is 38.0 Å². The lowest BCUT2D eigenvalue weighted by molar-refractivity contribution is 0.0692. The van der Waals surface area contributed by atoms with Gasteiger partial charge in [0.25, 0.3) is 5.91 Å². The number of hydrogen-bond acceptors (Lipinski definition) is 4. The molecule has 0 bridgehead atoms. The molecule has 140 valence electrons. The van der Waals surface area contributed by atoms with E-state index >= 15 is 0 Å². The first-order valence-corrected chi connectivity index (χ1v) is 10.4. The van der Waals surface area contributed by atoms with Crippen LogP contribution in [0.5, 0.6) is 0 Å². The number of hydrogen-bond donors (Lipinski definition) is 1. The fourth-order valence-corrected chi connectivity index (χ4v) is 4.57. The molecule has 1 atom stereocenters. The van der Waals surface area contributed by atoms with Crippen molar-refractivity contribution in [2.45, 2.75) is 32.2 Å². The van der Waals surface area contributed by atoms with Gasteiger partial charge in [-0.3, -0.25) is 9.10 Å². The van der Waals surface area contributed by atoms with Crippen LogP contribution in [-0.4, -0.2) is 57.7 Å². The third-order valence-electron chi connectivity index (χ3n) is 4.78. The van der Waals surface area contributed by atoms with Crippen molar-refractivity contribution >= 4 is 34.0 Å². The van der Waals surface area contributed by atoms with Gasteiger partial charge in [0.2, 0.25) is 10.0 Å². The summed E-state index contributed by atoms with van der Waals surface area (Å²) < 4.78 is 25.1. The van der Waals surface area contributed by atoms with Crippen molar-refractivity contribution in [2.24, 2.45) is 0 Å². The lowest BCUT2D eigenvalue weighted by Gasteiger charge is -2.28. The molecule has 25 heavy (non-hydrogen) atoms. The third kappa shape index (κ3) is 4.10. The predicted molar refractivity (Wildman–Crippen MR) is 102 cm³/mol. The zero-order valence-electron chi connectivity index (χ0n) is 14.7. The van der Waals surface area contributed by atoms with E-state index < -0.39 is 10.0 Å². The molecule has 1 N–H and O–H groups in total. The summed E-state index contributed by atoms with van der Waals surface area (Å²) in [5.74, 6) is 0.0474. The summed E-state index contributed by atoms with van der Waals surface area (Å²) in [7, 11) is -3.26. The van der Waals surface area contributed by atoms with Crippen LogP contribution in [0.25, 0.3) is 0 Å². The number of amides is 1. The van der Waals surface area contributed by atoms with Crippen LogP contribution in [0.15, 0.2) is 18.2 Å². The summed E-state index contributed by atoms with van der Waals surface area (Å²) in [5.41, 5.74) is 2.30. The minimum atomic E-state index is -3.26. The van der Waals surface area contributed by atoms with E-state index in [1.165, 1.54) is 10.6 Å². The van der Waals surface area contributed by atoms with Gasteiger partial charge in [-0.1, -0.05) is 6.92 Å². The van der Waals surface area contributed by atoms with E-state index in [1.54, 1.807) is 12.1 Å². The maximum absolute atomic E-state index is 13.0. The van der Waals surface area contributed by atoms with Crippen molar-refractivity contribution in [1.29, 1.82) is 0 Å². The number of halogens is 1. The normalized spacial score (nSPS) is 19.4. The Balaban J connectivity index is 0.00000225. The van der Waals surface area contributed by atoms with Gasteiger partial charge in [0.15, 0.2) is 0 Å². The van der Waals surface area contributed by atoms with Gasteiger partial charge in [0.1, 0.15) is 0 Å². The average molecular weight is 388 g/mol. The Labute approximate surface area is 156 Å². The van der Waals surface area contributed by atoms with Crippen LogP contribution in [0.3, 0.4) is 0 Å². The summed E-state index contributed by atoms with van der Waals surface area (Å²) in [6.07, 6.45) is 3.78. The van der Waals surface area contributed by atoms with E-state index in [9.17, 15) is 13.2 Å². The Morgan fingerprint density at radius 3 is 2.76 bits per heavy atom. The molecule has 1 aromatic rings. The second-order valence-corrected chi connectivity index (χ2v) is 8.48. The van der Waals surface area contributed by atoms with Gasteiger partial charge in [-0.25, -0.2) is 8.42 Å². The highest BCUT2D eigenvalue weighted by molar-refractivity contribution is 7.92. The molecule has 3 rings (SSSR count). The van der Waals surface area contributed by atoms with Gasteiger partial charge >= 0.3 is 0 Å². The highest BCUT2D eigenvalue weighted by atomic mass is 35.5. The average Bonchev–Trinajstić information content (AvgIpc) is 3.19. The molecule has 1 saturated heterocycles. The van der Waals surface area contributed by atoms with E-state index in [2.05, 4.69) is 12.2 Å². The summed E-state index contributed by atoms with van der Waals surface area (Å²) in [5, 5.41) is 3.31. The molecule has 6 nitrogen and oxygen atoms in total.